The second kappa shape index (κ2) is 11.4. The standard InChI is InChI=1S/C24H29F3NO4P/c25-24(26,27)21-14-18(10-11-23(28,15-29)16-32-33-30)6-9-22(21)31-12-2-4-17-3-1-5-20(13-17)19-7-8-19/h1,3,5-6,9,13-14,19,29H,2,4,7-8,10-12,15-16,28H2. The molecule has 1 fully saturated rings. The highest BCUT2D eigenvalue weighted by molar-refractivity contribution is 7.17. The Bertz CT molecular complexity index is 936. The first kappa shape index (κ1) is 25.6. The SMILES string of the molecule is NC(CO)(CCc1ccc(OCCCc2cccc(C3CC3)c2)c(C(F)(F)F)c1)COP=O. The highest BCUT2D eigenvalue weighted by atomic mass is 31.1. The Morgan fingerprint density at radius 1 is 1.09 bits per heavy atom. The first-order valence-corrected chi connectivity index (χ1v) is 11.7. The molecule has 0 amide bonds. The average Bonchev–Trinajstić information content (AvgIpc) is 3.65. The summed E-state index contributed by atoms with van der Waals surface area (Å²) in [7, 11) is -0.571. The van der Waals surface area contributed by atoms with Crippen LogP contribution in [0.1, 0.15) is 53.9 Å². The van der Waals surface area contributed by atoms with Crippen molar-refractivity contribution in [3.63, 3.8) is 0 Å². The molecule has 9 heteroatoms. The minimum atomic E-state index is -4.56. The van der Waals surface area contributed by atoms with E-state index in [0.29, 0.717) is 17.9 Å². The van der Waals surface area contributed by atoms with E-state index in [1.165, 1.54) is 30.0 Å². The van der Waals surface area contributed by atoms with Crippen molar-refractivity contribution in [2.45, 2.75) is 56.2 Å². The number of benzene rings is 2. The highest BCUT2D eigenvalue weighted by Crippen LogP contribution is 2.40. The number of halogens is 3. The van der Waals surface area contributed by atoms with Crippen LogP contribution in [0.5, 0.6) is 5.75 Å². The summed E-state index contributed by atoms with van der Waals surface area (Å²) in [5.41, 5.74) is 6.87. The number of aliphatic hydroxyl groups is 1. The molecule has 0 saturated heterocycles. The summed E-state index contributed by atoms with van der Waals surface area (Å²) in [6, 6.07) is 12.3. The van der Waals surface area contributed by atoms with Crippen molar-refractivity contribution in [3.8, 4) is 5.75 Å². The zero-order valence-corrected chi connectivity index (χ0v) is 19.2. The lowest BCUT2D eigenvalue weighted by Crippen LogP contribution is -2.47. The van der Waals surface area contributed by atoms with Crippen LogP contribution in [0.15, 0.2) is 42.5 Å². The van der Waals surface area contributed by atoms with E-state index >= 15 is 0 Å². The molecule has 1 unspecified atom stereocenters. The molecule has 1 saturated carbocycles. The van der Waals surface area contributed by atoms with E-state index in [2.05, 4.69) is 12.1 Å². The van der Waals surface area contributed by atoms with Crippen LogP contribution in [0, 0.1) is 0 Å². The van der Waals surface area contributed by atoms with Crippen molar-refractivity contribution < 1.29 is 32.1 Å². The summed E-state index contributed by atoms with van der Waals surface area (Å²) in [6.45, 7) is -0.441. The predicted octanol–water partition coefficient (Wildman–Crippen LogP) is 5.44. The van der Waals surface area contributed by atoms with E-state index < -0.39 is 32.6 Å². The Kier molecular flexibility index (Phi) is 8.88. The van der Waals surface area contributed by atoms with Crippen LogP contribution >= 0.6 is 8.69 Å². The number of rotatable bonds is 13. The summed E-state index contributed by atoms with van der Waals surface area (Å²) in [5, 5.41) is 9.46. The molecule has 33 heavy (non-hydrogen) atoms. The largest absolute Gasteiger partial charge is 0.493 e. The summed E-state index contributed by atoms with van der Waals surface area (Å²) >= 11 is 0. The number of aryl methyl sites for hydroxylation is 2. The van der Waals surface area contributed by atoms with Gasteiger partial charge < -0.3 is 15.6 Å². The molecule has 1 atom stereocenters. The van der Waals surface area contributed by atoms with E-state index in [9.17, 15) is 22.8 Å². The van der Waals surface area contributed by atoms with E-state index in [-0.39, 0.29) is 31.8 Å². The summed E-state index contributed by atoms with van der Waals surface area (Å²) in [6.07, 6.45) is -0.410. The van der Waals surface area contributed by atoms with Gasteiger partial charge in [-0.3, -0.25) is 4.52 Å². The summed E-state index contributed by atoms with van der Waals surface area (Å²) in [4.78, 5) is 0. The van der Waals surface area contributed by atoms with Crippen molar-refractivity contribution in [2.75, 3.05) is 19.8 Å². The fourth-order valence-electron chi connectivity index (χ4n) is 3.70. The lowest BCUT2D eigenvalue weighted by molar-refractivity contribution is -0.139. The van der Waals surface area contributed by atoms with Gasteiger partial charge in [-0.2, -0.15) is 13.2 Å². The zero-order chi connectivity index (χ0) is 23.9. The second-order valence-electron chi connectivity index (χ2n) is 8.67. The van der Waals surface area contributed by atoms with Crippen LogP contribution in [0.3, 0.4) is 0 Å². The number of nitrogens with two attached hydrogens (primary N) is 1. The molecule has 2 aromatic rings. The summed E-state index contributed by atoms with van der Waals surface area (Å²) < 4.78 is 61.6. The van der Waals surface area contributed by atoms with Crippen LogP contribution in [0.25, 0.3) is 0 Å². The van der Waals surface area contributed by atoms with Crippen molar-refractivity contribution in [1.82, 2.24) is 0 Å². The number of hydrogen-bond donors (Lipinski definition) is 2. The molecule has 1 aliphatic rings. The van der Waals surface area contributed by atoms with Crippen molar-refractivity contribution >= 4 is 8.69 Å². The molecule has 3 rings (SSSR count). The van der Waals surface area contributed by atoms with Gasteiger partial charge in [-0.25, -0.2) is 4.57 Å². The van der Waals surface area contributed by atoms with E-state index in [4.69, 9.17) is 15.0 Å². The van der Waals surface area contributed by atoms with Crippen molar-refractivity contribution in [1.29, 1.82) is 0 Å². The molecule has 0 aliphatic heterocycles. The van der Waals surface area contributed by atoms with Gasteiger partial charge in [0, 0.05) is 0 Å². The molecule has 3 N–H and O–H groups in total. The quantitative estimate of drug-likeness (QED) is 0.293. The molecule has 180 valence electrons. The Balaban J connectivity index is 1.58. The molecule has 0 spiro atoms. The van der Waals surface area contributed by atoms with Crippen molar-refractivity contribution in [3.05, 3.63) is 64.7 Å². The van der Waals surface area contributed by atoms with Crippen LogP contribution in [-0.2, 0) is 28.1 Å². The van der Waals surface area contributed by atoms with Gasteiger partial charge >= 0.3 is 14.9 Å². The number of hydrogen-bond acceptors (Lipinski definition) is 5. The molecule has 0 heterocycles. The number of ether oxygens (including phenoxy) is 1. The zero-order valence-electron chi connectivity index (χ0n) is 18.3. The Labute approximate surface area is 193 Å². The Hall–Kier alpha value is -1.99. The second-order valence-corrected chi connectivity index (χ2v) is 9.08. The van der Waals surface area contributed by atoms with Crippen LogP contribution in [0.2, 0.25) is 0 Å². The van der Waals surface area contributed by atoms with Crippen molar-refractivity contribution in [2.24, 2.45) is 5.73 Å². The molecule has 5 nitrogen and oxygen atoms in total. The third-order valence-corrected chi connectivity index (χ3v) is 6.08. The van der Waals surface area contributed by atoms with Gasteiger partial charge in [-0.1, -0.05) is 30.3 Å². The highest BCUT2D eigenvalue weighted by Gasteiger charge is 2.35. The number of aliphatic hydroxyl groups excluding tert-OH is 1. The van der Waals surface area contributed by atoms with E-state index in [0.717, 1.165) is 12.5 Å². The molecule has 1 aliphatic carbocycles. The maximum Gasteiger partial charge on any atom is 0.419 e. The van der Waals surface area contributed by atoms with Gasteiger partial charge in [0.15, 0.2) is 0 Å². The fourth-order valence-corrected chi connectivity index (χ4v) is 4.01. The predicted molar refractivity (Wildman–Crippen MR) is 120 cm³/mol. The van der Waals surface area contributed by atoms with Gasteiger partial charge in [0.2, 0.25) is 0 Å². The van der Waals surface area contributed by atoms with E-state index in [1.807, 2.05) is 12.1 Å². The molecule has 2 aromatic carbocycles. The fraction of sp³-hybridized carbons (Fsp3) is 0.500. The third-order valence-electron chi connectivity index (χ3n) is 5.85. The average molecular weight is 483 g/mol. The maximum atomic E-state index is 13.6. The molecular weight excluding hydrogens is 454 g/mol. The van der Waals surface area contributed by atoms with Gasteiger partial charge in [-0.15, -0.1) is 0 Å². The monoisotopic (exact) mass is 483 g/mol. The minimum absolute atomic E-state index is 0.163. The van der Waals surface area contributed by atoms with Gasteiger partial charge in [-0.05, 0) is 73.3 Å². The molecule has 0 bridgehead atoms. The van der Waals surface area contributed by atoms with E-state index in [1.54, 1.807) is 6.07 Å². The summed E-state index contributed by atoms with van der Waals surface area (Å²) in [5.74, 6) is 0.461. The lowest BCUT2D eigenvalue weighted by atomic mass is 9.93. The first-order valence-electron chi connectivity index (χ1n) is 11.0. The van der Waals surface area contributed by atoms with Crippen LogP contribution in [0.4, 0.5) is 13.2 Å². The minimum Gasteiger partial charge on any atom is -0.493 e. The Morgan fingerprint density at radius 2 is 1.85 bits per heavy atom. The van der Waals surface area contributed by atoms with Gasteiger partial charge in [0.1, 0.15) is 5.75 Å². The molecule has 0 aromatic heterocycles. The third kappa shape index (κ3) is 7.78. The van der Waals surface area contributed by atoms with Crippen LogP contribution < -0.4 is 10.5 Å². The molecule has 0 radical (unpaired) electrons. The van der Waals surface area contributed by atoms with Gasteiger partial charge in [0.05, 0.1) is 30.9 Å². The molecular formula is C24H29F3NO4P. The normalized spacial score (nSPS) is 16.0. The lowest BCUT2D eigenvalue weighted by Gasteiger charge is -2.25. The number of alkyl halides is 3. The van der Waals surface area contributed by atoms with Crippen LogP contribution in [-0.4, -0.2) is 30.5 Å². The first-order chi connectivity index (χ1) is 15.7. The smallest absolute Gasteiger partial charge is 0.419 e. The maximum absolute atomic E-state index is 13.6. The van der Waals surface area contributed by atoms with Gasteiger partial charge in [0.25, 0.3) is 0 Å². The Morgan fingerprint density at radius 3 is 2.52 bits per heavy atom. The topological polar surface area (TPSA) is 81.8 Å².